The summed E-state index contributed by atoms with van der Waals surface area (Å²) >= 11 is 0. The van der Waals surface area contributed by atoms with E-state index in [1.807, 2.05) is 54.2 Å². The van der Waals surface area contributed by atoms with Crippen LogP contribution in [0.5, 0.6) is 0 Å². The second kappa shape index (κ2) is 5.61. The van der Waals surface area contributed by atoms with Crippen molar-refractivity contribution >= 4 is 0 Å². The molecule has 2 N–H and O–H groups in total. The van der Waals surface area contributed by atoms with E-state index >= 15 is 0 Å². The molecule has 4 heteroatoms. The van der Waals surface area contributed by atoms with E-state index in [1.165, 1.54) is 0 Å². The molecule has 0 bridgehead atoms. The maximum absolute atomic E-state index is 8.91. The number of aromatic nitrogens is 2. The first-order valence-corrected chi connectivity index (χ1v) is 5.74. The Morgan fingerprint density at radius 3 is 2.76 bits per heavy atom. The van der Waals surface area contributed by atoms with Gasteiger partial charge in [-0.15, -0.1) is 0 Å². The van der Waals surface area contributed by atoms with Gasteiger partial charge in [-0.05, 0) is 25.1 Å². The van der Waals surface area contributed by atoms with Crippen molar-refractivity contribution in [3.63, 3.8) is 0 Å². The van der Waals surface area contributed by atoms with Gasteiger partial charge in [-0.1, -0.05) is 18.2 Å². The Hall–Kier alpha value is -1.65. The first-order valence-electron chi connectivity index (χ1n) is 5.74. The highest BCUT2D eigenvalue weighted by Crippen LogP contribution is 2.06. The van der Waals surface area contributed by atoms with Crippen molar-refractivity contribution in [3.8, 4) is 5.69 Å². The minimum Gasteiger partial charge on any atom is -0.395 e. The quantitative estimate of drug-likeness (QED) is 0.816. The van der Waals surface area contributed by atoms with Crippen LogP contribution in [-0.4, -0.2) is 27.5 Å². The third kappa shape index (κ3) is 3.15. The molecular weight excluding hydrogens is 214 g/mol. The summed E-state index contributed by atoms with van der Waals surface area (Å²) in [4.78, 5) is 0. The Labute approximate surface area is 101 Å². The fourth-order valence-electron chi connectivity index (χ4n) is 1.52. The van der Waals surface area contributed by atoms with Gasteiger partial charge >= 0.3 is 0 Å². The van der Waals surface area contributed by atoms with Crippen LogP contribution in [0.3, 0.4) is 0 Å². The van der Waals surface area contributed by atoms with E-state index in [4.69, 9.17) is 5.11 Å². The third-order valence-electron chi connectivity index (χ3n) is 2.57. The topological polar surface area (TPSA) is 50.1 Å². The molecule has 0 aliphatic carbocycles. The van der Waals surface area contributed by atoms with Crippen LogP contribution >= 0.6 is 0 Å². The minimum atomic E-state index is 0.0943. The van der Waals surface area contributed by atoms with Gasteiger partial charge in [-0.3, -0.25) is 0 Å². The van der Waals surface area contributed by atoms with Gasteiger partial charge in [-0.25, -0.2) is 4.68 Å². The number of nitrogens with one attached hydrogen (secondary N) is 1. The Kier molecular flexibility index (Phi) is 3.90. The molecule has 0 fully saturated rings. The van der Waals surface area contributed by atoms with Gasteiger partial charge in [0.1, 0.15) is 0 Å². The summed E-state index contributed by atoms with van der Waals surface area (Å²) in [5.74, 6) is 0. The van der Waals surface area contributed by atoms with Crippen molar-refractivity contribution in [2.45, 2.75) is 19.5 Å². The number of aliphatic hydroxyl groups is 1. The molecule has 0 aliphatic heterocycles. The lowest BCUT2D eigenvalue weighted by Gasteiger charge is -2.08. The maximum Gasteiger partial charge on any atom is 0.0766 e. The van der Waals surface area contributed by atoms with E-state index in [0.29, 0.717) is 6.54 Å². The standard InChI is InChI=1S/C13H17N3O/c1-11(10-17)14-9-12-7-8-16(15-12)13-5-3-2-4-6-13/h2-8,11,14,17H,9-10H2,1H3/t11-/m1/s1. The van der Waals surface area contributed by atoms with E-state index < -0.39 is 0 Å². The van der Waals surface area contributed by atoms with E-state index in [0.717, 1.165) is 11.4 Å². The molecule has 0 saturated carbocycles. The SMILES string of the molecule is C[C@H](CO)NCc1ccn(-c2ccccc2)n1. The van der Waals surface area contributed by atoms with Gasteiger partial charge in [0.05, 0.1) is 18.0 Å². The Morgan fingerprint density at radius 1 is 1.29 bits per heavy atom. The number of rotatable bonds is 5. The summed E-state index contributed by atoms with van der Waals surface area (Å²) in [7, 11) is 0. The highest BCUT2D eigenvalue weighted by Gasteiger charge is 2.03. The van der Waals surface area contributed by atoms with Crippen LogP contribution in [-0.2, 0) is 6.54 Å². The molecular formula is C13H17N3O. The van der Waals surface area contributed by atoms with Gasteiger partial charge in [0, 0.05) is 18.8 Å². The van der Waals surface area contributed by atoms with Crippen molar-refractivity contribution in [1.29, 1.82) is 0 Å². The van der Waals surface area contributed by atoms with Crippen LogP contribution in [0.15, 0.2) is 42.6 Å². The summed E-state index contributed by atoms with van der Waals surface area (Å²) in [6.07, 6.45) is 1.94. The van der Waals surface area contributed by atoms with E-state index in [1.54, 1.807) is 0 Å². The molecule has 17 heavy (non-hydrogen) atoms. The first-order chi connectivity index (χ1) is 8.29. The lowest BCUT2D eigenvalue weighted by atomic mass is 10.3. The highest BCUT2D eigenvalue weighted by atomic mass is 16.3. The molecule has 1 aromatic heterocycles. The molecule has 1 atom stereocenters. The fourth-order valence-corrected chi connectivity index (χ4v) is 1.52. The van der Waals surface area contributed by atoms with Crippen molar-refractivity contribution in [1.82, 2.24) is 15.1 Å². The Bertz CT molecular complexity index is 453. The molecule has 0 amide bonds. The van der Waals surface area contributed by atoms with Crippen molar-refractivity contribution in [2.75, 3.05) is 6.61 Å². The molecule has 0 aliphatic rings. The predicted molar refractivity (Wildman–Crippen MR) is 67.0 cm³/mol. The van der Waals surface area contributed by atoms with E-state index in [-0.39, 0.29) is 12.6 Å². The summed E-state index contributed by atoms with van der Waals surface area (Å²) in [5.41, 5.74) is 2.02. The van der Waals surface area contributed by atoms with Gasteiger partial charge in [0.25, 0.3) is 0 Å². The van der Waals surface area contributed by atoms with Crippen molar-refractivity contribution < 1.29 is 5.11 Å². The zero-order valence-corrected chi connectivity index (χ0v) is 9.87. The van der Waals surface area contributed by atoms with Crippen LogP contribution < -0.4 is 5.32 Å². The van der Waals surface area contributed by atoms with Crippen LogP contribution in [0.4, 0.5) is 0 Å². The molecule has 0 saturated heterocycles. The summed E-state index contributed by atoms with van der Waals surface area (Å²) in [6.45, 7) is 2.75. The number of nitrogens with zero attached hydrogens (tertiary/aromatic N) is 2. The zero-order valence-electron chi connectivity index (χ0n) is 9.87. The van der Waals surface area contributed by atoms with Crippen LogP contribution in [0.25, 0.3) is 5.69 Å². The van der Waals surface area contributed by atoms with Crippen LogP contribution in [0.2, 0.25) is 0 Å². The van der Waals surface area contributed by atoms with Gasteiger partial charge in [0.2, 0.25) is 0 Å². The Morgan fingerprint density at radius 2 is 2.06 bits per heavy atom. The van der Waals surface area contributed by atoms with Crippen molar-refractivity contribution in [3.05, 3.63) is 48.3 Å². The molecule has 1 heterocycles. The molecule has 0 spiro atoms. The highest BCUT2D eigenvalue weighted by molar-refractivity contribution is 5.30. The summed E-state index contributed by atoms with van der Waals surface area (Å²) in [6, 6.07) is 12.1. The molecule has 90 valence electrons. The lowest BCUT2D eigenvalue weighted by molar-refractivity contribution is 0.250. The molecule has 0 radical (unpaired) electrons. The average molecular weight is 231 g/mol. The zero-order chi connectivity index (χ0) is 12.1. The number of para-hydroxylation sites is 1. The molecule has 4 nitrogen and oxygen atoms in total. The predicted octanol–water partition coefficient (Wildman–Crippen LogP) is 1.34. The Balaban J connectivity index is 2.01. The van der Waals surface area contributed by atoms with Gasteiger partial charge < -0.3 is 10.4 Å². The second-order valence-electron chi connectivity index (χ2n) is 4.05. The third-order valence-corrected chi connectivity index (χ3v) is 2.57. The number of hydrogen-bond donors (Lipinski definition) is 2. The first kappa shape index (κ1) is 11.8. The van der Waals surface area contributed by atoms with Crippen LogP contribution in [0.1, 0.15) is 12.6 Å². The van der Waals surface area contributed by atoms with Gasteiger partial charge in [0.15, 0.2) is 0 Å². The molecule has 2 rings (SSSR count). The fraction of sp³-hybridized carbons (Fsp3) is 0.308. The normalized spacial score (nSPS) is 12.6. The molecule has 2 aromatic rings. The second-order valence-corrected chi connectivity index (χ2v) is 4.05. The van der Waals surface area contributed by atoms with Gasteiger partial charge in [-0.2, -0.15) is 5.10 Å². The van der Waals surface area contributed by atoms with Crippen molar-refractivity contribution in [2.24, 2.45) is 0 Å². The van der Waals surface area contributed by atoms with E-state index in [2.05, 4.69) is 10.4 Å². The monoisotopic (exact) mass is 231 g/mol. The number of benzene rings is 1. The maximum atomic E-state index is 8.91. The molecule has 0 unspecified atom stereocenters. The summed E-state index contributed by atoms with van der Waals surface area (Å²) < 4.78 is 1.85. The average Bonchev–Trinajstić information content (AvgIpc) is 2.86. The largest absolute Gasteiger partial charge is 0.395 e. The minimum absolute atomic E-state index is 0.0943. The summed E-state index contributed by atoms with van der Waals surface area (Å²) in [5, 5.41) is 16.6. The number of aliphatic hydroxyl groups excluding tert-OH is 1. The van der Waals surface area contributed by atoms with Crippen LogP contribution in [0, 0.1) is 0 Å². The smallest absolute Gasteiger partial charge is 0.0766 e. The number of hydrogen-bond acceptors (Lipinski definition) is 3. The lowest BCUT2D eigenvalue weighted by Crippen LogP contribution is -2.28. The van der Waals surface area contributed by atoms with E-state index in [9.17, 15) is 0 Å². The molecule has 1 aromatic carbocycles.